The van der Waals surface area contributed by atoms with Gasteiger partial charge in [0.05, 0.1) is 6.07 Å². The molecule has 3 nitrogen and oxygen atoms in total. The molecule has 0 aliphatic carbocycles. The largest absolute Gasteiger partial charge is 0.300 e. The lowest BCUT2D eigenvalue weighted by Crippen LogP contribution is -2.48. The predicted octanol–water partition coefficient (Wildman–Crippen LogP) is 3.31. The minimum absolute atomic E-state index is 0.357. The van der Waals surface area contributed by atoms with Crippen LogP contribution in [0.4, 0.5) is 0 Å². The van der Waals surface area contributed by atoms with Crippen molar-refractivity contribution in [3.05, 3.63) is 0 Å². The molecule has 1 fully saturated rings. The van der Waals surface area contributed by atoms with Crippen LogP contribution >= 0.6 is 0 Å². The number of hydrogen-bond acceptors (Lipinski definition) is 3. The average Bonchev–Trinajstić information content (AvgIpc) is 2.60. The first-order chi connectivity index (χ1) is 9.00. The van der Waals surface area contributed by atoms with Crippen molar-refractivity contribution in [1.82, 2.24) is 10.2 Å². The van der Waals surface area contributed by atoms with E-state index in [9.17, 15) is 5.26 Å². The van der Waals surface area contributed by atoms with Gasteiger partial charge in [-0.3, -0.25) is 5.32 Å². The summed E-state index contributed by atoms with van der Waals surface area (Å²) in [4.78, 5) is 2.62. The molecule has 19 heavy (non-hydrogen) atoms. The molecule has 1 aliphatic heterocycles. The van der Waals surface area contributed by atoms with Gasteiger partial charge in [0, 0.05) is 18.6 Å². The number of nitrogens with one attached hydrogen (secondary N) is 1. The second-order valence-electron chi connectivity index (χ2n) is 6.44. The Bertz CT molecular complexity index is 295. The second-order valence-corrected chi connectivity index (χ2v) is 6.44. The minimum Gasteiger partial charge on any atom is -0.300 e. The highest BCUT2D eigenvalue weighted by Gasteiger charge is 2.27. The van der Waals surface area contributed by atoms with Crippen molar-refractivity contribution in [2.24, 2.45) is 0 Å². The summed E-state index contributed by atoms with van der Waals surface area (Å²) >= 11 is 0. The van der Waals surface area contributed by atoms with E-state index in [0.717, 1.165) is 19.0 Å². The molecule has 0 spiro atoms. The van der Waals surface area contributed by atoms with Gasteiger partial charge in [-0.15, -0.1) is 0 Å². The third-order valence-corrected chi connectivity index (χ3v) is 4.22. The van der Waals surface area contributed by atoms with E-state index in [1.807, 2.05) is 6.92 Å². The Labute approximate surface area is 119 Å². The molecule has 2 unspecified atom stereocenters. The fourth-order valence-corrected chi connectivity index (χ4v) is 3.16. The fraction of sp³-hybridized carbons (Fsp3) is 0.938. The third kappa shape index (κ3) is 5.50. The molecule has 1 heterocycles. The third-order valence-electron chi connectivity index (χ3n) is 4.22. The number of nitriles is 1. The van der Waals surface area contributed by atoms with Crippen LogP contribution in [0.3, 0.4) is 0 Å². The molecular formula is C16H31N3. The molecule has 1 aliphatic rings. The number of likely N-dealkylation sites (tertiary alicyclic amines) is 1. The lowest BCUT2D eigenvalue weighted by molar-refractivity contribution is 0.176. The first-order valence-corrected chi connectivity index (χ1v) is 7.93. The van der Waals surface area contributed by atoms with Crippen molar-refractivity contribution in [3.63, 3.8) is 0 Å². The Morgan fingerprint density at radius 1 is 1.37 bits per heavy atom. The van der Waals surface area contributed by atoms with Gasteiger partial charge in [-0.2, -0.15) is 5.26 Å². The Kier molecular flexibility index (Phi) is 6.82. The normalized spacial score (nSPS) is 24.7. The van der Waals surface area contributed by atoms with E-state index >= 15 is 0 Å². The summed E-state index contributed by atoms with van der Waals surface area (Å²) in [6.07, 6.45) is 7.54. The molecule has 0 aromatic heterocycles. The lowest BCUT2D eigenvalue weighted by atomic mass is 9.97. The van der Waals surface area contributed by atoms with Crippen LogP contribution < -0.4 is 5.32 Å². The van der Waals surface area contributed by atoms with Gasteiger partial charge in [0.25, 0.3) is 0 Å². The summed E-state index contributed by atoms with van der Waals surface area (Å²) in [6, 6.07) is 3.54. The molecule has 1 rings (SSSR count). The van der Waals surface area contributed by atoms with Crippen LogP contribution in [-0.4, -0.2) is 35.6 Å². The van der Waals surface area contributed by atoms with Crippen LogP contribution in [0.25, 0.3) is 0 Å². The van der Waals surface area contributed by atoms with Gasteiger partial charge >= 0.3 is 0 Å². The SMILES string of the molecule is CCC1CCCCCN1CCC(C)(C#N)NC(C)C. The molecule has 0 aromatic carbocycles. The molecule has 2 atom stereocenters. The quantitative estimate of drug-likeness (QED) is 0.801. The second kappa shape index (κ2) is 7.87. The summed E-state index contributed by atoms with van der Waals surface area (Å²) in [5.41, 5.74) is -0.390. The summed E-state index contributed by atoms with van der Waals surface area (Å²) < 4.78 is 0. The number of nitrogens with zero attached hydrogens (tertiary/aromatic N) is 2. The first kappa shape index (κ1) is 16.5. The predicted molar refractivity (Wildman–Crippen MR) is 81.0 cm³/mol. The summed E-state index contributed by atoms with van der Waals surface area (Å²) in [7, 11) is 0. The Morgan fingerprint density at radius 3 is 2.68 bits per heavy atom. The van der Waals surface area contributed by atoms with Gasteiger partial charge in [0.2, 0.25) is 0 Å². The van der Waals surface area contributed by atoms with Gasteiger partial charge in [-0.05, 0) is 53.0 Å². The van der Waals surface area contributed by atoms with Crippen molar-refractivity contribution < 1.29 is 0 Å². The molecule has 0 radical (unpaired) electrons. The van der Waals surface area contributed by atoms with Gasteiger partial charge in [0.15, 0.2) is 0 Å². The van der Waals surface area contributed by atoms with E-state index in [-0.39, 0.29) is 0 Å². The smallest absolute Gasteiger partial charge is 0.105 e. The first-order valence-electron chi connectivity index (χ1n) is 7.93. The van der Waals surface area contributed by atoms with Crippen molar-refractivity contribution in [2.75, 3.05) is 13.1 Å². The Balaban J connectivity index is 2.54. The van der Waals surface area contributed by atoms with E-state index in [1.54, 1.807) is 0 Å². The zero-order valence-corrected chi connectivity index (χ0v) is 13.2. The van der Waals surface area contributed by atoms with Crippen LogP contribution in [-0.2, 0) is 0 Å². The van der Waals surface area contributed by atoms with Gasteiger partial charge < -0.3 is 4.90 Å². The zero-order valence-electron chi connectivity index (χ0n) is 13.2. The van der Waals surface area contributed by atoms with Crippen LogP contribution in [0.5, 0.6) is 0 Å². The van der Waals surface area contributed by atoms with Crippen LogP contribution in [0.2, 0.25) is 0 Å². The maximum atomic E-state index is 9.41. The molecule has 3 heteroatoms. The molecule has 110 valence electrons. The Hall–Kier alpha value is -0.590. The maximum absolute atomic E-state index is 9.41. The van der Waals surface area contributed by atoms with Crippen molar-refractivity contribution in [1.29, 1.82) is 5.26 Å². The molecule has 1 N–H and O–H groups in total. The minimum atomic E-state index is -0.390. The van der Waals surface area contributed by atoms with E-state index in [1.165, 1.54) is 38.6 Å². The van der Waals surface area contributed by atoms with Crippen molar-refractivity contribution in [3.8, 4) is 6.07 Å². The molecule has 0 bridgehead atoms. The van der Waals surface area contributed by atoms with Crippen molar-refractivity contribution >= 4 is 0 Å². The highest BCUT2D eigenvalue weighted by atomic mass is 15.2. The highest BCUT2D eigenvalue weighted by molar-refractivity contribution is 5.04. The lowest BCUT2D eigenvalue weighted by Gasteiger charge is -2.33. The standard InChI is InChI=1S/C16H31N3/c1-5-15-9-7-6-8-11-19(15)12-10-16(4,13-17)18-14(2)3/h14-15,18H,5-12H2,1-4H3. The van der Waals surface area contributed by atoms with Crippen LogP contribution in [0.15, 0.2) is 0 Å². The molecule has 0 saturated carbocycles. The zero-order chi connectivity index (χ0) is 14.3. The molecule has 1 saturated heterocycles. The van der Waals surface area contributed by atoms with E-state index in [0.29, 0.717) is 6.04 Å². The van der Waals surface area contributed by atoms with E-state index in [2.05, 4.69) is 37.1 Å². The topological polar surface area (TPSA) is 39.1 Å². The maximum Gasteiger partial charge on any atom is 0.105 e. The summed E-state index contributed by atoms with van der Waals surface area (Å²) in [5, 5.41) is 12.8. The van der Waals surface area contributed by atoms with Crippen LogP contribution in [0, 0.1) is 11.3 Å². The summed E-state index contributed by atoms with van der Waals surface area (Å²) in [6.45, 7) is 10.8. The molecule has 0 amide bonds. The van der Waals surface area contributed by atoms with Gasteiger partial charge in [-0.25, -0.2) is 0 Å². The van der Waals surface area contributed by atoms with Crippen molar-refractivity contribution in [2.45, 2.75) is 83.8 Å². The fourth-order valence-electron chi connectivity index (χ4n) is 3.16. The molecule has 0 aromatic rings. The Morgan fingerprint density at radius 2 is 2.11 bits per heavy atom. The monoisotopic (exact) mass is 265 g/mol. The molecular weight excluding hydrogens is 234 g/mol. The van der Waals surface area contributed by atoms with Gasteiger partial charge in [0.1, 0.15) is 5.54 Å². The van der Waals surface area contributed by atoms with E-state index < -0.39 is 5.54 Å². The number of hydrogen-bond donors (Lipinski definition) is 1. The summed E-state index contributed by atoms with van der Waals surface area (Å²) in [5.74, 6) is 0. The van der Waals surface area contributed by atoms with E-state index in [4.69, 9.17) is 0 Å². The van der Waals surface area contributed by atoms with Crippen LogP contribution in [0.1, 0.15) is 66.2 Å². The average molecular weight is 265 g/mol. The highest BCUT2D eigenvalue weighted by Crippen LogP contribution is 2.21. The van der Waals surface area contributed by atoms with Gasteiger partial charge in [-0.1, -0.05) is 19.8 Å². The number of rotatable bonds is 6.